The van der Waals surface area contributed by atoms with Gasteiger partial charge in [0.15, 0.2) is 5.71 Å². The molecule has 6 heteroatoms. The van der Waals surface area contributed by atoms with Crippen LogP contribution in [-0.2, 0) is 9.59 Å². The Kier molecular flexibility index (Phi) is 3.65. The maximum Gasteiger partial charge on any atom is 0.352 e. The summed E-state index contributed by atoms with van der Waals surface area (Å²) < 4.78 is 0. The van der Waals surface area contributed by atoms with Crippen LogP contribution in [0.4, 0.5) is 0 Å². The van der Waals surface area contributed by atoms with Crippen molar-refractivity contribution in [2.45, 2.75) is 19.8 Å². The average molecular weight is 274 g/mol. The lowest BCUT2D eigenvalue weighted by atomic mass is 9.77. The first-order chi connectivity index (χ1) is 9.43. The van der Waals surface area contributed by atoms with E-state index in [0.717, 1.165) is 5.56 Å². The normalized spacial score (nSPS) is 21.9. The maximum absolute atomic E-state index is 11.5. The minimum Gasteiger partial charge on any atom is -0.481 e. The standard InChI is InChI=1S/C14H14N2O4/c1-7-5-3-4-6-9(7)11-10(13(17)18)8(2)15-16-12(11)14(19)20/h3-6,10-11H,1-2H3,(H,17,18)(H,19,20). The molecule has 1 heterocycles. The molecular weight excluding hydrogens is 260 g/mol. The number of rotatable bonds is 3. The molecule has 0 saturated heterocycles. The van der Waals surface area contributed by atoms with Crippen molar-refractivity contribution in [2.75, 3.05) is 0 Å². The molecule has 0 bridgehead atoms. The van der Waals surface area contributed by atoms with Crippen LogP contribution < -0.4 is 0 Å². The highest BCUT2D eigenvalue weighted by Gasteiger charge is 2.41. The number of aryl methyl sites for hydroxylation is 1. The summed E-state index contributed by atoms with van der Waals surface area (Å²) in [5, 5.41) is 26.0. The Morgan fingerprint density at radius 2 is 1.75 bits per heavy atom. The van der Waals surface area contributed by atoms with Gasteiger partial charge in [0.2, 0.25) is 0 Å². The number of hydrogen-bond acceptors (Lipinski definition) is 4. The predicted octanol–water partition coefficient (Wildman–Crippen LogP) is 1.69. The van der Waals surface area contributed by atoms with Crippen LogP contribution in [0.25, 0.3) is 0 Å². The van der Waals surface area contributed by atoms with Crippen molar-refractivity contribution in [3.63, 3.8) is 0 Å². The van der Waals surface area contributed by atoms with E-state index >= 15 is 0 Å². The fraction of sp³-hybridized carbons (Fsp3) is 0.286. The minimum atomic E-state index is -1.25. The summed E-state index contributed by atoms with van der Waals surface area (Å²) in [7, 11) is 0. The number of carboxylic acids is 2. The molecule has 0 amide bonds. The first-order valence-electron chi connectivity index (χ1n) is 6.07. The molecule has 1 aliphatic heterocycles. The van der Waals surface area contributed by atoms with Crippen molar-refractivity contribution in [3.8, 4) is 0 Å². The molecule has 1 aromatic carbocycles. The van der Waals surface area contributed by atoms with Gasteiger partial charge < -0.3 is 10.2 Å². The lowest BCUT2D eigenvalue weighted by Gasteiger charge is -2.27. The Morgan fingerprint density at radius 3 is 2.30 bits per heavy atom. The van der Waals surface area contributed by atoms with E-state index < -0.39 is 23.8 Å². The van der Waals surface area contributed by atoms with Crippen LogP contribution in [0.2, 0.25) is 0 Å². The van der Waals surface area contributed by atoms with E-state index in [2.05, 4.69) is 10.2 Å². The van der Waals surface area contributed by atoms with Crippen molar-refractivity contribution in [2.24, 2.45) is 16.1 Å². The zero-order valence-electron chi connectivity index (χ0n) is 11.1. The van der Waals surface area contributed by atoms with E-state index in [-0.39, 0.29) is 5.71 Å². The number of carbonyl (C=O) groups is 2. The summed E-state index contributed by atoms with van der Waals surface area (Å²) in [6, 6.07) is 7.11. The second kappa shape index (κ2) is 5.24. The van der Waals surface area contributed by atoms with Crippen molar-refractivity contribution >= 4 is 23.4 Å². The lowest BCUT2D eigenvalue weighted by molar-refractivity contribution is -0.139. The van der Waals surface area contributed by atoms with Crippen molar-refractivity contribution < 1.29 is 19.8 Å². The predicted molar refractivity (Wildman–Crippen MR) is 73.2 cm³/mol. The molecule has 0 spiro atoms. The van der Waals surface area contributed by atoms with E-state index in [0.29, 0.717) is 11.3 Å². The highest BCUT2D eigenvalue weighted by Crippen LogP contribution is 2.33. The van der Waals surface area contributed by atoms with Gasteiger partial charge in [-0.2, -0.15) is 5.10 Å². The van der Waals surface area contributed by atoms with Crippen LogP contribution in [0.1, 0.15) is 24.0 Å². The Balaban J connectivity index is 2.63. The van der Waals surface area contributed by atoms with E-state index in [4.69, 9.17) is 0 Å². The van der Waals surface area contributed by atoms with Gasteiger partial charge in [0, 0.05) is 0 Å². The molecule has 2 unspecified atom stereocenters. The van der Waals surface area contributed by atoms with Crippen LogP contribution in [0, 0.1) is 12.8 Å². The molecule has 20 heavy (non-hydrogen) atoms. The molecule has 0 saturated carbocycles. The molecule has 2 atom stereocenters. The van der Waals surface area contributed by atoms with Gasteiger partial charge >= 0.3 is 11.9 Å². The molecule has 1 aliphatic rings. The number of nitrogens with zero attached hydrogens (tertiary/aromatic N) is 2. The first kappa shape index (κ1) is 13.9. The monoisotopic (exact) mass is 274 g/mol. The highest BCUT2D eigenvalue weighted by molar-refractivity contribution is 6.39. The molecule has 0 radical (unpaired) electrons. The SMILES string of the molecule is CC1=NN=C(C(=O)O)C(c2ccccc2C)C1C(=O)O. The third-order valence-electron chi connectivity index (χ3n) is 3.40. The summed E-state index contributed by atoms with van der Waals surface area (Å²) in [6.07, 6.45) is 0. The second-order valence-corrected chi connectivity index (χ2v) is 4.68. The second-order valence-electron chi connectivity index (χ2n) is 4.68. The number of benzene rings is 1. The smallest absolute Gasteiger partial charge is 0.352 e. The van der Waals surface area contributed by atoms with Crippen LogP contribution in [0.15, 0.2) is 34.5 Å². The van der Waals surface area contributed by atoms with Gasteiger partial charge in [-0.1, -0.05) is 24.3 Å². The Bertz CT molecular complexity index is 634. The molecule has 1 aromatic rings. The minimum absolute atomic E-state index is 0.239. The van der Waals surface area contributed by atoms with E-state index in [9.17, 15) is 19.8 Å². The Labute approximate surface area is 115 Å². The average Bonchev–Trinajstić information content (AvgIpc) is 2.38. The van der Waals surface area contributed by atoms with Gasteiger partial charge in [0.05, 0.1) is 11.6 Å². The highest BCUT2D eigenvalue weighted by atomic mass is 16.4. The maximum atomic E-state index is 11.5. The van der Waals surface area contributed by atoms with Gasteiger partial charge in [-0.05, 0) is 25.0 Å². The fourth-order valence-electron chi connectivity index (χ4n) is 2.42. The Hall–Kier alpha value is -2.50. The molecule has 2 rings (SSSR count). The molecule has 0 aromatic heterocycles. The van der Waals surface area contributed by atoms with Gasteiger partial charge in [-0.15, -0.1) is 5.10 Å². The van der Waals surface area contributed by atoms with Gasteiger partial charge in [-0.3, -0.25) is 4.79 Å². The van der Waals surface area contributed by atoms with Crippen molar-refractivity contribution in [3.05, 3.63) is 35.4 Å². The topological polar surface area (TPSA) is 99.3 Å². The number of hydrogen-bond donors (Lipinski definition) is 2. The summed E-state index contributed by atoms with van der Waals surface area (Å²) in [4.78, 5) is 22.8. The van der Waals surface area contributed by atoms with Crippen LogP contribution in [0.3, 0.4) is 0 Å². The van der Waals surface area contributed by atoms with Crippen LogP contribution in [-0.4, -0.2) is 33.6 Å². The zero-order valence-corrected chi connectivity index (χ0v) is 11.1. The van der Waals surface area contributed by atoms with Crippen molar-refractivity contribution in [1.29, 1.82) is 0 Å². The molecule has 104 valence electrons. The number of carboxylic acid groups (broad SMARTS) is 2. The van der Waals surface area contributed by atoms with E-state index in [1.807, 2.05) is 19.1 Å². The van der Waals surface area contributed by atoms with Gasteiger partial charge in [0.1, 0.15) is 5.92 Å². The number of aliphatic carboxylic acids is 2. The lowest BCUT2D eigenvalue weighted by Crippen LogP contribution is -2.39. The van der Waals surface area contributed by atoms with Crippen LogP contribution >= 0.6 is 0 Å². The third-order valence-corrected chi connectivity index (χ3v) is 3.40. The zero-order chi connectivity index (χ0) is 14.9. The third kappa shape index (κ3) is 2.32. The quantitative estimate of drug-likeness (QED) is 0.876. The molecular formula is C14H14N2O4. The van der Waals surface area contributed by atoms with Gasteiger partial charge in [-0.25, -0.2) is 4.79 Å². The molecule has 6 nitrogen and oxygen atoms in total. The molecule has 0 aliphatic carbocycles. The van der Waals surface area contributed by atoms with Crippen LogP contribution in [0.5, 0.6) is 0 Å². The fourth-order valence-corrected chi connectivity index (χ4v) is 2.42. The first-order valence-corrected chi connectivity index (χ1v) is 6.07. The van der Waals surface area contributed by atoms with Crippen molar-refractivity contribution in [1.82, 2.24) is 0 Å². The summed E-state index contributed by atoms with van der Waals surface area (Å²) >= 11 is 0. The Morgan fingerprint density at radius 1 is 1.10 bits per heavy atom. The molecule has 0 fully saturated rings. The van der Waals surface area contributed by atoms with E-state index in [1.165, 1.54) is 0 Å². The summed E-state index contributed by atoms with van der Waals surface area (Å²) in [5.41, 5.74) is 1.54. The molecule has 2 N–H and O–H groups in total. The summed E-state index contributed by atoms with van der Waals surface area (Å²) in [5.74, 6) is -4.20. The van der Waals surface area contributed by atoms with E-state index in [1.54, 1.807) is 19.1 Å². The van der Waals surface area contributed by atoms with Gasteiger partial charge in [0.25, 0.3) is 0 Å². The summed E-state index contributed by atoms with van der Waals surface area (Å²) in [6.45, 7) is 3.36. The largest absolute Gasteiger partial charge is 0.481 e.